The average molecular weight is 540 g/mol. The van der Waals surface area contributed by atoms with Crippen molar-refractivity contribution in [3.05, 3.63) is 81.4 Å². The first-order valence-electron chi connectivity index (χ1n) is 13.1. The number of nitrogens with one attached hydrogen (secondary N) is 1. The minimum Gasteiger partial charge on any atom is -0.369 e. The topological polar surface area (TPSA) is 82.9 Å². The number of tetrazole rings is 1. The van der Waals surface area contributed by atoms with E-state index in [4.69, 9.17) is 0 Å². The molecule has 206 valence electrons. The van der Waals surface area contributed by atoms with Crippen molar-refractivity contribution < 1.29 is 13.2 Å². The third-order valence-electron chi connectivity index (χ3n) is 7.72. The van der Waals surface area contributed by atoms with Gasteiger partial charge in [0, 0.05) is 42.9 Å². The van der Waals surface area contributed by atoms with E-state index in [1.54, 1.807) is 10.7 Å². The lowest BCUT2D eigenvalue weighted by Gasteiger charge is -2.40. The fourth-order valence-corrected chi connectivity index (χ4v) is 5.10. The summed E-state index contributed by atoms with van der Waals surface area (Å²) >= 11 is 0. The summed E-state index contributed by atoms with van der Waals surface area (Å²) in [4.78, 5) is 20.6. The van der Waals surface area contributed by atoms with E-state index in [9.17, 15) is 18.0 Å². The van der Waals surface area contributed by atoms with Crippen LogP contribution in [0.5, 0.6) is 0 Å². The highest BCUT2D eigenvalue weighted by molar-refractivity contribution is 5.79. The van der Waals surface area contributed by atoms with E-state index in [0.29, 0.717) is 43.3 Å². The first-order valence-corrected chi connectivity index (χ1v) is 13.1. The summed E-state index contributed by atoms with van der Waals surface area (Å²) < 4.78 is 41.7. The smallest absolute Gasteiger partial charge is 0.369 e. The van der Waals surface area contributed by atoms with Gasteiger partial charge in [-0.15, -0.1) is 5.10 Å². The number of aryl methyl sites for hydroxylation is 1. The highest BCUT2D eigenvalue weighted by Gasteiger charge is 2.36. The largest absolute Gasteiger partial charge is 0.416 e. The van der Waals surface area contributed by atoms with Gasteiger partial charge in [-0.2, -0.15) is 13.2 Å². The zero-order chi connectivity index (χ0) is 27.9. The number of alkyl halides is 3. The van der Waals surface area contributed by atoms with Crippen molar-refractivity contribution in [3.63, 3.8) is 0 Å². The predicted octanol–water partition coefficient (Wildman–Crippen LogP) is 4.90. The van der Waals surface area contributed by atoms with Crippen LogP contribution in [0.25, 0.3) is 10.9 Å². The normalized spacial score (nSPS) is 16.1. The monoisotopic (exact) mass is 539 g/mol. The molecular weight excluding hydrogens is 507 g/mol. The van der Waals surface area contributed by atoms with Crippen LogP contribution in [0, 0.1) is 6.92 Å². The van der Waals surface area contributed by atoms with Crippen molar-refractivity contribution >= 4 is 16.6 Å². The van der Waals surface area contributed by atoms with E-state index in [1.807, 2.05) is 49.9 Å². The fourth-order valence-electron chi connectivity index (χ4n) is 5.10. The van der Waals surface area contributed by atoms with Gasteiger partial charge in [-0.25, -0.2) is 4.68 Å². The van der Waals surface area contributed by atoms with Crippen molar-refractivity contribution in [1.82, 2.24) is 30.1 Å². The molecule has 1 aliphatic heterocycles. The molecule has 1 aliphatic rings. The van der Waals surface area contributed by atoms with Gasteiger partial charge in [0.15, 0.2) is 5.82 Å². The highest BCUT2D eigenvalue weighted by atomic mass is 19.4. The second-order valence-electron chi connectivity index (χ2n) is 10.7. The number of hydrogen-bond donors (Lipinski definition) is 1. The summed E-state index contributed by atoms with van der Waals surface area (Å²) in [5, 5.41) is 13.6. The van der Waals surface area contributed by atoms with Gasteiger partial charge in [0.05, 0.1) is 11.1 Å². The summed E-state index contributed by atoms with van der Waals surface area (Å²) in [6.07, 6.45) is -3.63. The molecule has 39 heavy (non-hydrogen) atoms. The van der Waals surface area contributed by atoms with E-state index in [2.05, 4.69) is 32.3 Å². The third kappa shape index (κ3) is 5.27. The van der Waals surface area contributed by atoms with Gasteiger partial charge in [0.1, 0.15) is 6.04 Å². The number of hydrogen-bond acceptors (Lipinski definition) is 6. The second-order valence-corrected chi connectivity index (χ2v) is 10.7. The summed E-state index contributed by atoms with van der Waals surface area (Å²) in [5.41, 5.74) is 1.57. The standard InChI is InChI=1S/C28H32F3N7O/c1-5-27(3,4)38-25(33-34-35-38)24(22-16-19-10-9-18(2)15-23(19)32-26(22)39)37-13-11-36(12-14-37)21-8-6-7-20(17-21)28(29,30)31/h6-10,15-17,24H,5,11-14H2,1-4H3,(H,32,39). The Morgan fingerprint density at radius 3 is 2.46 bits per heavy atom. The molecule has 0 spiro atoms. The Kier molecular flexibility index (Phi) is 6.96. The molecular formula is C28H32F3N7O. The molecule has 0 saturated carbocycles. The molecule has 1 fully saturated rings. The molecule has 0 bridgehead atoms. The molecule has 1 N–H and O–H groups in total. The second kappa shape index (κ2) is 10.1. The average Bonchev–Trinajstić information content (AvgIpc) is 3.40. The van der Waals surface area contributed by atoms with Crippen molar-refractivity contribution in [2.75, 3.05) is 31.1 Å². The molecule has 8 nitrogen and oxygen atoms in total. The van der Waals surface area contributed by atoms with Crippen LogP contribution in [0.3, 0.4) is 0 Å². The number of fused-ring (bicyclic) bond motifs is 1. The maximum atomic E-state index is 13.5. The lowest BCUT2D eigenvalue weighted by Crippen LogP contribution is -2.49. The Bertz CT molecular complexity index is 1530. The Morgan fingerprint density at radius 1 is 1.03 bits per heavy atom. The molecule has 4 aromatic rings. The number of anilines is 1. The van der Waals surface area contributed by atoms with Crippen LogP contribution in [-0.2, 0) is 11.7 Å². The number of aromatic nitrogens is 5. The zero-order valence-corrected chi connectivity index (χ0v) is 22.5. The summed E-state index contributed by atoms with van der Waals surface area (Å²) in [6, 6.07) is 12.7. The fraction of sp³-hybridized carbons (Fsp3) is 0.429. The minimum absolute atomic E-state index is 0.220. The number of H-pyrrole nitrogens is 1. The molecule has 0 radical (unpaired) electrons. The molecule has 3 heterocycles. The van der Waals surface area contributed by atoms with Crippen molar-refractivity contribution in [3.8, 4) is 0 Å². The van der Waals surface area contributed by atoms with Crippen molar-refractivity contribution in [2.45, 2.75) is 51.9 Å². The van der Waals surface area contributed by atoms with Gasteiger partial charge in [-0.1, -0.05) is 25.1 Å². The quantitative estimate of drug-likeness (QED) is 0.376. The number of rotatable bonds is 6. The van der Waals surface area contributed by atoms with Crippen LogP contribution in [0.2, 0.25) is 0 Å². The molecule has 0 amide bonds. The number of pyridine rings is 1. The molecule has 1 atom stereocenters. The van der Waals surface area contributed by atoms with Crippen LogP contribution in [-0.4, -0.2) is 56.3 Å². The first-order chi connectivity index (χ1) is 18.5. The van der Waals surface area contributed by atoms with Crippen LogP contribution in [0.4, 0.5) is 18.9 Å². The molecule has 0 aliphatic carbocycles. The number of nitrogens with zero attached hydrogens (tertiary/aromatic N) is 6. The summed E-state index contributed by atoms with van der Waals surface area (Å²) in [6.45, 7) is 10.1. The first kappa shape index (κ1) is 26.9. The van der Waals surface area contributed by atoms with Gasteiger partial charge in [-0.3, -0.25) is 9.69 Å². The van der Waals surface area contributed by atoms with Gasteiger partial charge in [0.25, 0.3) is 5.56 Å². The molecule has 2 aromatic carbocycles. The van der Waals surface area contributed by atoms with E-state index in [-0.39, 0.29) is 5.56 Å². The van der Waals surface area contributed by atoms with Crippen molar-refractivity contribution in [1.29, 1.82) is 0 Å². The summed E-state index contributed by atoms with van der Waals surface area (Å²) in [5.74, 6) is 0.561. The minimum atomic E-state index is -4.40. The molecule has 1 unspecified atom stereocenters. The number of halogens is 3. The van der Waals surface area contributed by atoms with Crippen LogP contribution in [0.15, 0.2) is 53.3 Å². The van der Waals surface area contributed by atoms with E-state index < -0.39 is 23.3 Å². The number of piperazine rings is 1. The molecule has 5 rings (SSSR count). The van der Waals surface area contributed by atoms with Crippen LogP contribution < -0.4 is 10.5 Å². The van der Waals surface area contributed by atoms with E-state index in [0.717, 1.165) is 29.0 Å². The zero-order valence-electron chi connectivity index (χ0n) is 22.5. The van der Waals surface area contributed by atoms with Gasteiger partial charge >= 0.3 is 6.18 Å². The van der Waals surface area contributed by atoms with Gasteiger partial charge < -0.3 is 9.88 Å². The number of benzene rings is 2. The van der Waals surface area contributed by atoms with Gasteiger partial charge in [0.2, 0.25) is 0 Å². The lowest BCUT2D eigenvalue weighted by atomic mass is 9.98. The SMILES string of the molecule is CCC(C)(C)n1nnnc1C(c1cc2ccc(C)cc2[nH]c1=O)N1CCN(c2cccc(C(F)(F)F)c2)CC1. The number of aromatic amines is 1. The lowest BCUT2D eigenvalue weighted by molar-refractivity contribution is -0.137. The molecule has 1 saturated heterocycles. The van der Waals surface area contributed by atoms with Crippen LogP contribution >= 0.6 is 0 Å². The van der Waals surface area contributed by atoms with Crippen molar-refractivity contribution in [2.24, 2.45) is 0 Å². The van der Waals surface area contributed by atoms with E-state index in [1.165, 1.54) is 12.1 Å². The Morgan fingerprint density at radius 2 is 1.77 bits per heavy atom. The Hall–Kier alpha value is -3.73. The van der Waals surface area contributed by atoms with Crippen LogP contribution in [0.1, 0.15) is 55.7 Å². The maximum Gasteiger partial charge on any atom is 0.416 e. The Labute approximate surface area is 224 Å². The summed E-state index contributed by atoms with van der Waals surface area (Å²) in [7, 11) is 0. The Balaban J connectivity index is 1.53. The van der Waals surface area contributed by atoms with Gasteiger partial charge in [-0.05, 0) is 78.9 Å². The molecule has 2 aromatic heterocycles. The predicted molar refractivity (Wildman–Crippen MR) is 144 cm³/mol. The molecule has 11 heteroatoms. The highest BCUT2D eigenvalue weighted by Crippen LogP contribution is 2.34. The van der Waals surface area contributed by atoms with E-state index >= 15 is 0 Å². The third-order valence-corrected chi connectivity index (χ3v) is 7.72. The maximum absolute atomic E-state index is 13.5.